The summed E-state index contributed by atoms with van der Waals surface area (Å²) in [7, 11) is 0. The Morgan fingerprint density at radius 3 is 2.39 bits per heavy atom. The molecule has 0 fully saturated rings. The van der Waals surface area contributed by atoms with Crippen molar-refractivity contribution in [3.05, 3.63) is 64.9 Å². The monoisotopic (exact) mass is 316 g/mol. The third-order valence-electron chi connectivity index (χ3n) is 2.94. The maximum Gasteiger partial charge on any atom is 0.269 e. The highest BCUT2D eigenvalue weighted by Gasteiger charge is 2.08. The molecule has 0 unspecified atom stereocenters. The molecule has 2 rings (SSSR count). The van der Waals surface area contributed by atoms with Crippen LogP contribution in [0.1, 0.15) is 15.9 Å². The number of hydrogen-bond donors (Lipinski definition) is 4. The first-order chi connectivity index (χ1) is 11.0. The van der Waals surface area contributed by atoms with Gasteiger partial charge in [0.05, 0.1) is 12.1 Å². The summed E-state index contributed by atoms with van der Waals surface area (Å²) in [5, 5.41) is 28.3. The van der Waals surface area contributed by atoms with Crippen molar-refractivity contribution in [2.75, 3.05) is 5.23 Å². The van der Waals surface area contributed by atoms with Crippen LogP contribution in [-0.2, 0) is 11.2 Å². The molecule has 2 amide bonds. The topological polar surface area (TPSA) is 125 Å². The van der Waals surface area contributed by atoms with E-state index < -0.39 is 11.8 Å². The molecule has 0 radical (unpaired) electrons. The minimum Gasteiger partial charge on any atom is -0.733 e. The molecule has 0 spiro atoms. The number of hydrazine groups is 1. The Balaban J connectivity index is 1.87. The number of benzene rings is 2. The zero-order valence-corrected chi connectivity index (χ0v) is 11.9. The molecule has 0 aromatic heterocycles. The quantitative estimate of drug-likeness (QED) is 0.626. The second kappa shape index (κ2) is 7.25. The summed E-state index contributed by atoms with van der Waals surface area (Å²) >= 11 is 0. The molecule has 23 heavy (non-hydrogen) atoms. The maximum absolute atomic E-state index is 11.8. The molecule has 8 heteroatoms. The van der Waals surface area contributed by atoms with Crippen LogP contribution >= 0.6 is 0 Å². The number of nitrogens with zero attached hydrogens (tertiary/aromatic N) is 1. The number of carbonyl (C=O) groups is 2. The number of amides is 2. The molecule has 0 aliphatic heterocycles. The van der Waals surface area contributed by atoms with Gasteiger partial charge in [-0.3, -0.25) is 25.6 Å². The fourth-order valence-corrected chi connectivity index (χ4v) is 1.83. The average molecular weight is 316 g/mol. The lowest BCUT2D eigenvalue weighted by molar-refractivity contribution is -0.121. The Kier molecular flexibility index (Phi) is 5.13. The molecule has 2 aromatic carbocycles. The van der Waals surface area contributed by atoms with Gasteiger partial charge in [-0.2, -0.15) is 0 Å². The normalized spacial score (nSPS) is 10.0. The minimum absolute atomic E-state index is 0.0106. The molecule has 8 nitrogen and oxygen atoms in total. The summed E-state index contributed by atoms with van der Waals surface area (Å²) in [5.74, 6) is -0.978. The highest BCUT2D eigenvalue weighted by atomic mass is 16.8. The number of hydrogen-bond acceptors (Lipinski definition) is 6. The fraction of sp³-hybridized carbons (Fsp3) is 0.0667. The Hall–Kier alpha value is -3.10. The van der Waals surface area contributed by atoms with Crippen LogP contribution in [0.15, 0.2) is 48.5 Å². The van der Waals surface area contributed by atoms with Crippen LogP contribution in [0.5, 0.6) is 5.75 Å². The van der Waals surface area contributed by atoms with Crippen molar-refractivity contribution in [2.24, 2.45) is 0 Å². The summed E-state index contributed by atoms with van der Waals surface area (Å²) < 4.78 is 0. The molecule has 2 aromatic rings. The number of carbonyl (C=O) groups excluding carboxylic acids is 2. The number of phenols is 1. The Morgan fingerprint density at radius 1 is 1.09 bits per heavy atom. The number of anilines is 1. The van der Waals surface area contributed by atoms with Gasteiger partial charge in [0.1, 0.15) is 5.75 Å². The van der Waals surface area contributed by atoms with E-state index in [4.69, 9.17) is 5.21 Å². The lowest BCUT2D eigenvalue weighted by Gasteiger charge is -2.21. The molecule has 0 bridgehead atoms. The van der Waals surface area contributed by atoms with E-state index in [0.29, 0.717) is 5.56 Å². The highest BCUT2D eigenvalue weighted by molar-refractivity contribution is 5.95. The van der Waals surface area contributed by atoms with Crippen LogP contribution < -0.4 is 16.1 Å². The van der Waals surface area contributed by atoms with E-state index in [1.165, 1.54) is 36.4 Å². The molecular weight excluding hydrogens is 302 g/mol. The van der Waals surface area contributed by atoms with E-state index in [1.807, 2.05) is 0 Å². The molecule has 0 saturated heterocycles. The molecule has 0 aliphatic carbocycles. The Labute approximate surface area is 131 Å². The van der Waals surface area contributed by atoms with Crippen LogP contribution in [-0.4, -0.2) is 22.1 Å². The lowest BCUT2D eigenvalue weighted by atomic mass is 10.1. The van der Waals surface area contributed by atoms with Crippen molar-refractivity contribution >= 4 is 17.5 Å². The lowest BCUT2D eigenvalue weighted by Crippen LogP contribution is -2.42. The molecule has 0 heterocycles. The maximum atomic E-state index is 11.8. The Morgan fingerprint density at radius 2 is 1.78 bits per heavy atom. The van der Waals surface area contributed by atoms with Gasteiger partial charge in [0, 0.05) is 5.56 Å². The summed E-state index contributed by atoms with van der Waals surface area (Å²) in [6.45, 7) is 0. The zero-order valence-electron chi connectivity index (χ0n) is 11.9. The van der Waals surface area contributed by atoms with Gasteiger partial charge in [-0.15, -0.1) is 0 Å². The van der Waals surface area contributed by atoms with Gasteiger partial charge >= 0.3 is 0 Å². The van der Waals surface area contributed by atoms with E-state index in [0.717, 1.165) is 0 Å². The van der Waals surface area contributed by atoms with Crippen LogP contribution in [0.2, 0.25) is 0 Å². The second-order valence-electron chi connectivity index (χ2n) is 4.67. The first kappa shape index (κ1) is 16.3. The SMILES string of the molecule is O=C(Cc1cccc(O)c1)NNC(=O)c1ccc(N([O-])O)cc1. The molecule has 0 aliphatic rings. The number of aromatic hydroxyl groups is 1. The third-order valence-corrected chi connectivity index (χ3v) is 2.94. The first-order valence-electron chi connectivity index (χ1n) is 6.59. The number of phenolic OH excluding ortho intramolecular Hbond substituents is 1. The van der Waals surface area contributed by atoms with Gasteiger partial charge < -0.3 is 15.5 Å². The third kappa shape index (κ3) is 4.70. The molecule has 4 N–H and O–H groups in total. The average Bonchev–Trinajstić information content (AvgIpc) is 2.52. The van der Waals surface area contributed by atoms with Crippen molar-refractivity contribution in [2.45, 2.75) is 6.42 Å². The molecule has 0 saturated carbocycles. The van der Waals surface area contributed by atoms with E-state index >= 15 is 0 Å². The van der Waals surface area contributed by atoms with Crippen molar-refractivity contribution in [1.82, 2.24) is 10.9 Å². The van der Waals surface area contributed by atoms with Gasteiger partial charge in [0.15, 0.2) is 0 Å². The minimum atomic E-state index is -0.573. The largest absolute Gasteiger partial charge is 0.733 e. The van der Waals surface area contributed by atoms with Crippen molar-refractivity contribution in [1.29, 1.82) is 0 Å². The van der Waals surface area contributed by atoms with E-state index in [9.17, 15) is 19.9 Å². The number of nitrogens with one attached hydrogen (secondary N) is 2. The fourth-order valence-electron chi connectivity index (χ4n) is 1.83. The van der Waals surface area contributed by atoms with Gasteiger partial charge in [0.2, 0.25) is 5.91 Å². The van der Waals surface area contributed by atoms with E-state index in [2.05, 4.69) is 10.9 Å². The summed E-state index contributed by atoms with van der Waals surface area (Å²) in [4.78, 5) is 23.5. The first-order valence-corrected chi connectivity index (χ1v) is 6.59. The van der Waals surface area contributed by atoms with E-state index in [1.54, 1.807) is 12.1 Å². The Bertz CT molecular complexity index is 701. The van der Waals surface area contributed by atoms with Gasteiger partial charge in [-0.1, -0.05) is 12.1 Å². The predicted octanol–water partition coefficient (Wildman–Crippen LogP) is 1.09. The summed E-state index contributed by atoms with van der Waals surface area (Å²) in [6, 6.07) is 11.4. The van der Waals surface area contributed by atoms with Crippen molar-refractivity contribution < 1.29 is 19.9 Å². The van der Waals surface area contributed by atoms with Crippen LogP contribution in [0.4, 0.5) is 5.69 Å². The highest BCUT2D eigenvalue weighted by Crippen LogP contribution is 2.12. The molecule has 0 atom stereocenters. The predicted molar refractivity (Wildman–Crippen MR) is 81.5 cm³/mol. The van der Waals surface area contributed by atoms with Crippen LogP contribution in [0, 0.1) is 5.21 Å². The standard InChI is InChI=1S/C15H14N3O5/c19-13-3-1-2-10(8-13)9-14(20)16-17-15(21)11-4-6-12(7-5-11)18(22)23/h1-8,19,22H,9H2,(H,16,20)(H,17,21)/q-1. The smallest absolute Gasteiger partial charge is 0.269 e. The van der Waals surface area contributed by atoms with Crippen molar-refractivity contribution in [3.8, 4) is 5.75 Å². The van der Waals surface area contributed by atoms with Crippen LogP contribution in [0.3, 0.4) is 0 Å². The summed E-state index contributed by atoms with van der Waals surface area (Å²) in [6.07, 6.45) is -0.0106. The zero-order chi connectivity index (χ0) is 16.8. The molecular formula is C15H14N3O5-. The van der Waals surface area contributed by atoms with E-state index in [-0.39, 0.29) is 28.6 Å². The second-order valence-corrected chi connectivity index (χ2v) is 4.67. The molecule has 120 valence electrons. The van der Waals surface area contributed by atoms with Crippen LogP contribution in [0.25, 0.3) is 0 Å². The van der Waals surface area contributed by atoms with Gasteiger partial charge in [0.25, 0.3) is 5.91 Å². The van der Waals surface area contributed by atoms with Crippen molar-refractivity contribution in [3.63, 3.8) is 0 Å². The number of rotatable bonds is 4. The van der Waals surface area contributed by atoms with Gasteiger partial charge in [-0.05, 0) is 42.0 Å². The van der Waals surface area contributed by atoms with Gasteiger partial charge in [-0.25, -0.2) is 0 Å². The summed E-state index contributed by atoms with van der Waals surface area (Å²) in [5.41, 5.74) is 5.25.